The number of carbonyl (C=O) groups excluding carboxylic acids is 1. The largest absolute Gasteiger partial charge is 0.443 e. The van der Waals surface area contributed by atoms with Crippen LogP contribution in [-0.4, -0.2) is 40.9 Å². The number of ketones is 1. The number of rotatable bonds is 7. The molecule has 200 valence electrons. The normalized spacial score (nSPS) is 16.9. The highest BCUT2D eigenvalue weighted by molar-refractivity contribution is 7.89. The van der Waals surface area contributed by atoms with Crippen molar-refractivity contribution >= 4 is 26.8 Å². The van der Waals surface area contributed by atoms with E-state index in [9.17, 15) is 30.8 Å². The van der Waals surface area contributed by atoms with Crippen LogP contribution in [0.25, 0.3) is 22.2 Å². The van der Waals surface area contributed by atoms with Gasteiger partial charge in [0.2, 0.25) is 5.09 Å². The molecular formula is C26H23F4N3O4S. The van der Waals surface area contributed by atoms with E-state index < -0.39 is 33.8 Å². The first-order valence-corrected chi connectivity index (χ1v) is 13.3. The van der Waals surface area contributed by atoms with Crippen LogP contribution in [0.15, 0.2) is 64.1 Å². The Morgan fingerprint density at radius 2 is 1.92 bits per heavy atom. The highest BCUT2D eigenvalue weighted by atomic mass is 32.2. The van der Waals surface area contributed by atoms with Crippen LogP contribution >= 0.6 is 0 Å². The van der Waals surface area contributed by atoms with Gasteiger partial charge in [-0.15, -0.1) is 0 Å². The van der Waals surface area contributed by atoms with E-state index in [1.54, 1.807) is 24.3 Å². The maximum atomic E-state index is 13.5. The Labute approximate surface area is 215 Å². The van der Waals surface area contributed by atoms with Crippen molar-refractivity contribution in [2.45, 2.75) is 43.0 Å². The highest BCUT2D eigenvalue weighted by Gasteiger charge is 2.40. The summed E-state index contributed by atoms with van der Waals surface area (Å²) in [6.07, 6.45) is -3.37. The fourth-order valence-electron chi connectivity index (χ4n) is 4.78. The molecule has 0 radical (unpaired) electrons. The first kappa shape index (κ1) is 26.1. The van der Waals surface area contributed by atoms with Gasteiger partial charge in [-0.2, -0.15) is 22.6 Å². The van der Waals surface area contributed by atoms with Crippen molar-refractivity contribution in [1.29, 1.82) is 0 Å². The first-order chi connectivity index (χ1) is 17.9. The van der Waals surface area contributed by atoms with Gasteiger partial charge in [-0.05, 0) is 55.2 Å². The Morgan fingerprint density at radius 3 is 2.66 bits per heavy atom. The lowest BCUT2D eigenvalue weighted by Gasteiger charge is -2.21. The maximum absolute atomic E-state index is 13.5. The molecule has 0 amide bonds. The highest BCUT2D eigenvalue weighted by Crippen LogP contribution is 2.33. The van der Waals surface area contributed by atoms with Crippen molar-refractivity contribution < 1.29 is 35.2 Å². The van der Waals surface area contributed by atoms with E-state index in [2.05, 4.69) is 5.10 Å². The fraction of sp³-hybridized carbons (Fsp3) is 0.308. The summed E-state index contributed by atoms with van der Waals surface area (Å²) in [5.41, 5.74) is 0.754. The molecule has 0 bridgehead atoms. The molecule has 4 aromatic rings. The Bertz CT molecular complexity index is 1620. The third-order valence-corrected chi connectivity index (χ3v) is 8.41. The molecule has 12 heteroatoms. The lowest BCUT2D eigenvalue weighted by atomic mass is 10.00. The van der Waals surface area contributed by atoms with Crippen LogP contribution in [-0.2, 0) is 34.5 Å². The zero-order chi connectivity index (χ0) is 27.2. The minimum absolute atomic E-state index is 0.0463. The molecule has 0 spiro atoms. The van der Waals surface area contributed by atoms with Crippen molar-refractivity contribution in [1.82, 2.24) is 14.1 Å². The van der Waals surface area contributed by atoms with Gasteiger partial charge in [0.25, 0.3) is 10.0 Å². The van der Waals surface area contributed by atoms with Crippen LogP contribution < -0.4 is 0 Å². The van der Waals surface area contributed by atoms with Crippen molar-refractivity contribution in [2.75, 3.05) is 6.54 Å². The predicted molar refractivity (Wildman–Crippen MR) is 130 cm³/mol. The first-order valence-electron chi connectivity index (χ1n) is 11.9. The number of Topliss-reactive ketones (excluding diaryl/α,β-unsaturated/α-hetero) is 1. The molecule has 7 nitrogen and oxygen atoms in total. The Balaban J connectivity index is 1.31. The van der Waals surface area contributed by atoms with E-state index in [0.717, 1.165) is 20.6 Å². The number of fused-ring (bicyclic) bond motifs is 1. The Kier molecular flexibility index (Phi) is 6.64. The molecule has 0 aliphatic carbocycles. The topological polar surface area (TPSA) is 85.4 Å². The fourth-order valence-corrected chi connectivity index (χ4v) is 6.41. The summed E-state index contributed by atoms with van der Waals surface area (Å²) in [6, 6.07) is 11.9. The number of aromatic nitrogens is 2. The molecule has 1 atom stereocenters. The number of benzene rings is 2. The average molecular weight is 550 g/mol. The quantitative estimate of drug-likeness (QED) is 0.290. The number of alkyl halides is 3. The number of nitrogens with zero attached hydrogens (tertiary/aromatic N) is 3. The van der Waals surface area contributed by atoms with Crippen molar-refractivity contribution in [3.05, 3.63) is 71.7 Å². The minimum Gasteiger partial charge on any atom is -0.443 e. The van der Waals surface area contributed by atoms with Gasteiger partial charge >= 0.3 is 6.18 Å². The predicted octanol–water partition coefficient (Wildman–Crippen LogP) is 5.35. The second kappa shape index (κ2) is 9.66. The molecule has 38 heavy (non-hydrogen) atoms. The second-order valence-corrected chi connectivity index (χ2v) is 11.0. The molecule has 1 aliphatic rings. The van der Waals surface area contributed by atoms with E-state index in [1.807, 2.05) is 0 Å². The molecule has 1 saturated heterocycles. The average Bonchev–Trinajstić information content (AvgIpc) is 3.60. The van der Waals surface area contributed by atoms with Gasteiger partial charge in [0.05, 0.1) is 11.7 Å². The number of carbonyl (C=O) groups is 1. The standard InChI is InChI=1S/C26H23F4N3O4S/c1-32-21(15-24(31-32)26(28,29)30)17-5-2-4-16(12-17)7-9-22(34)20-6-3-11-33(20)38(35,36)25-14-18-13-19(27)8-10-23(18)37-25/h2,4-5,8,10,12-15,20H,3,6-7,9,11H2,1H3. The molecular weight excluding hydrogens is 526 g/mol. The van der Waals surface area contributed by atoms with Gasteiger partial charge in [0, 0.05) is 37.0 Å². The SMILES string of the molecule is Cn1nc(C(F)(F)F)cc1-c1cccc(CCC(=O)C2CCCN2S(=O)(=O)c2cc3cc(F)ccc3o2)c1. The Hall–Kier alpha value is -3.51. The number of sulfonamides is 1. The van der Waals surface area contributed by atoms with Gasteiger partial charge in [-0.1, -0.05) is 18.2 Å². The van der Waals surface area contributed by atoms with Crippen LogP contribution in [0, 0.1) is 5.82 Å². The number of halogens is 4. The summed E-state index contributed by atoms with van der Waals surface area (Å²) >= 11 is 0. The zero-order valence-corrected chi connectivity index (χ0v) is 21.0. The van der Waals surface area contributed by atoms with Crippen LogP contribution in [0.5, 0.6) is 0 Å². The van der Waals surface area contributed by atoms with Crippen molar-refractivity contribution in [2.24, 2.45) is 7.05 Å². The molecule has 0 N–H and O–H groups in total. The molecule has 2 aromatic carbocycles. The van der Waals surface area contributed by atoms with Gasteiger partial charge < -0.3 is 4.42 Å². The van der Waals surface area contributed by atoms with Crippen molar-refractivity contribution in [3.63, 3.8) is 0 Å². The third kappa shape index (κ3) is 4.97. The van der Waals surface area contributed by atoms with Crippen LogP contribution in [0.3, 0.4) is 0 Å². The van der Waals surface area contributed by atoms with Gasteiger partial charge in [0.15, 0.2) is 11.5 Å². The van der Waals surface area contributed by atoms with E-state index in [-0.39, 0.29) is 41.5 Å². The summed E-state index contributed by atoms with van der Waals surface area (Å²) in [5, 5.41) is 3.50. The molecule has 1 fully saturated rings. The molecule has 3 heterocycles. The lowest BCUT2D eigenvalue weighted by Crippen LogP contribution is -2.40. The molecule has 2 aromatic heterocycles. The van der Waals surface area contributed by atoms with Crippen LogP contribution in [0.1, 0.15) is 30.5 Å². The zero-order valence-electron chi connectivity index (χ0n) is 20.2. The number of hydrogen-bond donors (Lipinski definition) is 0. The van der Waals surface area contributed by atoms with E-state index >= 15 is 0 Å². The summed E-state index contributed by atoms with van der Waals surface area (Å²) < 4.78 is 87.0. The van der Waals surface area contributed by atoms with E-state index in [0.29, 0.717) is 23.8 Å². The van der Waals surface area contributed by atoms with E-state index in [1.165, 1.54) is 31.3 Å². The van der Waals surface area contributed by atoms with Crippen molar-refractivity contribution in [3.8, 4) is 11.3 Å². The third-order valence-electron chi connectivity index (χ3n) is 6.65. The number of aryl methyl sites for hydroxylation is 2. The lowest BCUT2D eigenvalue weighted by molar-refractivity contribution is -0.141. The van der Waals surface area contributed by atoms with Gasteiger partial charge in [0.1, 0.15) is 11.4 Å². The maximum Gasteiger partial charge on any atom is 0.435 e. The Morgan fingerprint density at radius 1 is 1.13 bits per heavy atom. The van der Waals surface area contributed by atoms with E-state index in [4.69, 9.17) is 4.42 Å². The minimum atomic E-state index is -4.56. The summed E-state index contributed by atoms with van der Waals surface area (Å²) in [5.74, 6) is -0.789. The molecule has 5 rings (SSSR count). The number of furan rings is 1. The number of hydrogen-bond acceptors (Lipinski definition) is 5. The van der Waals surface area contributed by atoms with Gasteiger partial charge in [-0.25, -0.2) is 12.8 Å². The smallest absolute Gasteiger partial charge is 0.435 e. The molecule has 1 unspecified atom stereocenters. The summed E-state index contributed by atoms with van der Waals surface area (Å²) in [4.78, 5) is 13.1. The molecule has 0 saturated carbocycles. The van der Waals surface area contributed by atoms with Crippen LogP contribution in [0.4, 0.5) is 17.6 Å². The summed E-state index contributed by atoms with van der Waals surface area (Å²) in [7, 11) is -2.70. The molecule has 1 aliphatic heterocycles. The van der Waals surface area contributed by atoms with Crippen LogP contribution in [0.2, 0.25) is 0 Å². The second-order valence-electron chi connectivity index (χ2n) is 9.22. The monoisotopic (exact) mass is 549 g/mol. The van der Waals surface area contributed by atoms with Gasteiger partial charge in [-0.3, -0.25) is 9.48 Å². The summed E-state index contributed by atoms with van der Waals surface area (Å²) in [6.45, 7) is 0.154.